The molecule has 0 aliphatic rings. The van der Waals surface area contributed by atoms with E-state index in [4.69, 9.17) is 9.47 Å². The first-order valence-corrected chi connectivity index (χ1v) is 9.13. The molecule has 0 saturated heterocycles. The van der Waals surface area contributed by atoms with Crippen LogP contribution in [-0.2, 0) is 6.54 Å². The van der Waals surface area contributed by atoms with Crippen molar-refractivity contribution in [2.45, 2.75) is 20.4 Å². The van der Waals surface area contributed by atoms with Crippen LogP contribution >= 0.6 is 0 Å². The Labute approximate surface area is 160 Å². The largest absolute Gasteiger partial charge is 0.493 e. The zero-order chi connectivity index (χ0) is 19.5. The molecular weight excluding hydrogens is 344 g/mol. The number of nitrogens with zero attached hydrogens (tertiary/aromatic N) is 2. The number of methoxy groups -OCH3 is 1. The second-order valence-corrected chi connectivity index (χ2v) is 5.91. The summed E-state index contributed by atoms with van der Waals surface area (Å²) in [6.07, 6.45) is 3.41. The van der Waals surface area contributed by atoms with Crippen LogP contribution in [0.25, 0.3) is 0 Å². The number of carbonyl (C=O) groups excluding carboxylic acids is 1. The molecule has 0 spiro atoms. The van der Waals surface area contributed by atoms with Crippen LogP contribution in [0.15, 0.2) is 42.7 Å². The topological polar surface area (TPSA) is 75.7 Å². The molecule has 7 nitrogen and oxygen atoms in total. The number of urea groups is 1. The number of nitrogens with one attached hydrogen (secondary N) is 2. The third-order valence-corrected chi connectivity index (χ3v) is 4.16. The minimum Gasteiger partial charge on any atom is -0.493 e. The third kappa shape index (κ3) is 6.79. The van der Waals surface area contributed by atoms with Gasteiger partial charge in [0.15, 0.2) is 11.5 Å². The van der Waals surface area contributed by atoms with Gasteiger partial charge >= 0.3 is 6.03 Å². The highest BCUT2D eigenvalue weighted by atomic mass is 16.5. The summed E-state index contributed by atoms with van der Waals surface area (Å²) < 4.78 is 11.2. The van der Waals surface area contributed by atoms with E-state index in [2.05, 4.69) is 34.4 Å². The molecule has 2 aromatic rings. The van der Waals surface area contributed by atoms with E-state index in [-0.39, 0.29) is 6.03 Å². The lowest BCUT2D eigenvalue weighted by Gasteiger charge is -2.19. The van der Waals surface area contributed by atoms with Crippen LogP contribution in [0.5, 0.6) is 11.5 Å². The fraction of sp³-hybridized carbons (Fsp3) is 0.400. The minimum absolute atomic E-state index is 0.293. The molecule has 0 fully saturated rings. The number of anilines is 1. The average Bonchev–Trinajstić information content (AvgIpc) is 2.71. The van der Waals surface area contributed by atoms with Gasteiger partial charge in [-0.1, -0.05) is 19.9 Å². The van der Waals surface area contributed by atoms with Crippen LogP contribution in [0.1, 0.15) is 19.4 Å². The molecule has 2 rings (SSSR count). The summed E-state index contributed by atoms with van der Waals surface area (Å²) in [5, 5.41) is 5.61. The van der Waals surface area contributed by atoms with Crippen molar-refractivity contribution in [1.29, 1.82) is 0 Å². The molecular formula is C20H28N4O3. The maximum Gasteiger partial charge on any atom is 0.319 e. The summed E-state index contributed by atoms with van der Waals surface area (Å²) >= 11 is 0. The Kier molecular flexibility index (Phi) is 8.38. The third-order valence-electron chi connectivity index (χ3n) is 4.16. The van der Waals surface area contributed by atoms with Gasteiger partial charge in [0.25, 0.3) is 0 Å². The first-order chi connectivity index (χ1) is 13.2. The molecule has 0 bridgehead atoms. The Bertz CT molecular complexity index is 706. The van der Waals surface area contributed by atoms with Crippen molar-refractivity contribution in [3.05, 3.63) is 48.3 Å². The lowest BCUT2D eigenvalue weighted by atomic mass is 10.2. The molecule has 1 heterocycles. The zero-order valence-electron chi connectivity index (χ0n) is 16.2. The number of aromatic nitrogens is 1. The highest BCUT2D eigenvalue weighted by molar-refractivity contribution is 5.89. The van der Waals surface area contributed by atoms with E-state index in [1.54, 1.807) is 37.7 Å². The van der Waals surface area contributed by atoms with E-state index < -0.39 is 0 Å². The fourth-order valence-corrected chi connectivity index (χ4v) is 2.55. The minimum atomic E-state index is -0.293. The SMILES string of the molecule is CCN(CC)CCOc1cc(NC(=O)NCc2cccnc2)ccc1OC. The normalized spacial score (nSPS) is 10.5. The molecule has 0 aliphatic carbocycles. The van der Waals surface area contributed by atoms with Gasteiger partial charge in [0.1, 0.15) is 6.61 Å². The lowest BCUT2D eigenvalue weighted by molar-refractivity contribution is 0.217. The standard InChI is InChI=1S/C20H28N4O3/c1-4-24(5-2)11-12-27-19-13-17(8-9-18(19)26-3)23-20(25)22-15-16-7-6-10-21-14-16/h6-10,13-14H,4-5,11-12,15H2,1-3H3,(H2,22,23,25). The molecule has 146 valence electrons. The van der Waals surface area contributed by atoms with E-state index in [9.17, 15) is 4.79 Å². The van der Waals surface area contributed by atoms with Gasteiger partial charge < -0.3 is 25.0 Å². The van der Waals surface area contributed by atoms with Crippen molar-refractivity contribution >= 4 is 11.7 Å². The van der Waals surface area contributed by atoms with Gasteiger partial charge in [0.2, 0.25) is 0 Å². The summed E-state index contributed by atoms with van der Waals surface area (Å²) in [6.45, 7) is 8.00. The van der Waals surface area contributed by atoms with Gasteiger partial charge in [-0.2, -0.15) is 0 Å². The highest BCUT2D eigenvalue weighted by Crippen LogP contribution is 2.30. The molecule has 27 heavy (non-hydrogen) atoms. The van der Waals surface area contributed by atoms with Crippen LogP contribution in [0, 0.1) is 0 Å². The summed E-state index contributed by atoms with van der Waals surface area (Å²) in [5.74, 6) is 1.24. The molecule has 0 radical (unpaired) electrons. The second-order valence-electron chi connectivity index (χ2n) is 5.91. The Balaban J connectivity index is 1.91. The van der Waals surface area contributed by atoms with E-state index in [1.807, 2.05) is 12.1 Å². The van der Waals surface area contributed by atoms with E-state index >= 15 is 0 Å². The zero-order valence-corrected chi connectivity index (χ0v) is 16.2. The van der Waals surface area contributed by atoms with Crippen molar-refractivity contribution in [2.75, 3.05) is 38.7 Å². The van der Waals surface area contributed by atoms with Gasteiger partial charge in [-0.25, -0.2) is 4.79 Å². The number of benzene rings is 1. The first-order valence-electron chi connectivity index (χ1n) is 9.13. The van der Waals surface area contributed by atoms with Crippen molar-refractivity contribution < 1.29 is 14.3 Å². The van der Waals surface area contributed by atoms with Crippen molar-refractivity contribution in [1.82, 2.24) is 15.2 Å². The van der Waals surface area contributed by atoms with Gasteiger partial charge in [-0.3, -0.25) is 4.98 Å². The van der Waals surface area contributed by atoms with Gasteiger partial charge in [-0.05, 0) is 36.9 Å². The predicted octanol–water partition coefficient (Wildman–Crippen LogP) is 3.13. The van der Waals surface area contributed by atoms with Crippen molar-refractivity contribution in [2.24, 2.45) is 0 Å². The fourth-order valence-electron chi connectivity index (χ4n) is 2.55. The van der Waals surface area contributed by atoms with Crippen molar-refractivity contribution in [3.8, 4) is 11.5 Å². The number of hydrogen-bond acceptors (Lipinski definition) is 5. The average molecular weight is 372 g/mol. The highest BCUT2D eigenvalue weighted by Gasteiger charge is 2.09. The molecule has 0 saturated carbocycles. The molecule has 2 amide bonds. The number of pyridine rings is 1. The summed E-state index contributed by atoms with van der Waals surface area (Å²) in [5.41, 5.74) is 1.57. The molecule has 0 unspecified atom stereocenters. The first kappa shape index (κ1) is 20.5. The van der Waals surface area contributed by atoms with Gasteiger partial charge in [-0.15, -0.1) is 0 Å². The number of likely N-dealkylation sites (N-methyl/N-ethyl adjacent to an activating group) is 1. The van der Waals surface area contributed by atoms with E-state index in [0.717, 1.165) is 25.2 Å². The van der Waals surface area contributed by atoms with Crippen molar-refractivity contribution in [3.63, 3.8) is 0 Å². The van der Waals surface area contributed by atoms with Crippen LogP contribution in [0.3, 0.4) is 0 Å². The number of hydrogen-bond donors (Lipinski definition) is 2. The Morgan fingerprint density at radius 2 is 2.00 bits per heavy atom. The molecule has 1 aromatic heterocycles. The maximum absolute atomic E-state index is 12.1. The quantitative estimate of drug-likeness (QED) is 0.670. The second kappa shape index (κ2) is 11.0. The number of carbonyl (C=O) groups is 1. The van der Waals surface area contributed by atoms with Crippen LogP contribution in [0.4, 0.5) is 10.5 Å². The Morgan fingerprint density at radius 3 is 2.67 bits per heavy atom. The summed E-state index contributed by atoms with van der Waals surface area (Å²) in [7, 11) is 1.60. The van der Waals surface area contributed by atoms with Gasteiger partial charge in [0.05, 0.1) is 7.11 Å². The Hall–Kier alpha value is -2.80. The molecule has 0 atom stereocenters. The molecule has 7 heteroatoms. The van der Waals surface area contributed by atoms with E-state index in [1.165, 1.54) is 0 Å². The van der Waals surface area contributed by atoms with Crippen LogP contribution in [-0.4, -0.2) is 49.3 Å². The molecule has 1 aromatic carbocycles. The number of rotatable bonds is 10. The Morgan fingerprint density at radius 1 is 1.19 bits per heavy atom. The molecule has 0 aliphatic heterocycles. The maximum atomic E-state index is 12.1. The van der Waals surface area contributed by atoms with Crippen LogP contribution < -0.4 is 20.1 Å². The smallest absolute Gasteiger partial charge is 0.319 e. The van der Waals surface area contributed by atoms with Crippen LogP contribution in [0.2, 0.25) is 0 Å². The number of amides is 2. The summed E-state index contributed by atoms with van der Waals surface area (Å²) in [4.78, 5) is 18.4. The predicted molar refractivity (Wildman–Crippen MR) is 106 cm³/mol. The monoisotopic (exact) mass is 372 g/mol. The molecule has 2 N–H and O–H groups in total. The lowest BCUT2D eigenvalue weighted by Crippen LogP contribution is -2.28. The summed E-state index contributed by atoms with van der Waals surface area (Å²) in [6, 6.07) is 8.77. The van der Waals surface area contributed by atoms with Gasteiger partial charge in [0, 0.05) is 37.2 Å². The number of ether oxygens (including phenoxy) is 2. The van der Waals surface area contributed by atoms with E-state index in [0.29, 0.717) is 30.3 Å².